The third-order valence-electron chi connectivity index (χ3n) is 4.79. The molecule has 2 aromatic carbocycles. The summed E-state index contributed by atoms with van der Waals surface area (Å²) in [6.07, 6.45) is 1.45. The average Bonchev–Trinajstić information content (AvgIpc) is 3.27. The van der Waals surface area contributed by atoms with Crippen molar-refractivity contribution < 1.29 is 19.2 Å². The lowest BCUT2D eigenvalue weighted by Crippen LogP contribution is -2.47. The van der Waals surface area contributed by atoms with Crippen LogP contribution >= 0.6 is 0 Å². The first kappa shape index (κ1) is 21.5. The number of carbonyl (C=O) groups excluding carboxylic acids is 1. The molecule has 0 fully saturated rings. The van der Waals surface area contributed by atoms with E-state index in [1.165, 1.54) is 6.20 Å². The van der Waals surface area contributed by atoms with Gasteiger partial charge in [-0.1, -0.05) is 65.8 Å². The zero-order chi connectivity index (χ0) is 21.2. The van der Waals surface area contributed by atoms with Crippen molar-refractivity contribution in [1.82, 2.24) is 10.5 Å². The highest BCUT2D eigenvalue weighted by Crippen LogP contribution is 2.13. The number of nitrogens with two attached hydrogens (primary N) is 1. The highest BCUT2D eigenvalue weighted by Gasteiger charge is 2.24. The second-order valence-corrected chi connectivity index (χ2v) is 7.25. The number of benzene rings is 2. The predicted molar refractivity (Wildman–Crippen MR) is 113 cm³/mol. The van der Waals surface area contributed by atoms with E-state index in [1.54, 1.807) is 6.07 Å². The van der Waals surface area contributed by atoms with Crippen LogP contribution in [0.1, 0.15) is 23.3 Å². The Morgan fingerprint density at radius 3 is 2.27 bits per heavy atom. The van der Waals surface area contributed by atoms with E-state index in [9.17, 15) is 9.90 Å². The summed E-state index contributed by atoms with van der Waals surface area (Å²) in [5.74, 6) is 0.440. The predicted octanol–water partition coefficient (Wildman–Crippen LogP) is 2.83. The van der Waals surface area contributed by atoms with Crippen LogP contribution < -0.4 is 11.1 Å². The Morgan fingerprint density at radius 2 is 1.67 bits per heavy atom. The number of amides is 1. The lowest BCUT2D eigenvalue weighted by atomic mass is 9.94. The first-order chi connectivity index (χ1) is 14.6. The first-order valence-electron chi connectivity index (χ1n) is 9.94. The molecule has 0 spiro atoms. The van der Waals surface area contributed by atoms with Crippen LogP contribution in [0, 0.1) is 0 Å². The van der Waals surface area contributed by atoms with Gasteiger partial charge in [0.1, 0.15) is 0 Å². The van der Waals surface area contributed by atoms with Gasteiger partial charge in [0.2, 0.25) is 0 Å². The van der Waals surface area contributed by atoms with Gasteiger partial charge in [0.25, 0.3) is 0 Å². The number of hydrogen-bond acceptors (Lipinski definition) is 6. The van der Waals surface area contributed by atoms with E-state index in [0.29, 0.717) is 25.0 Å². The number of aliphatic hydroxyl groups excluding tert-OH is 1. The minimum atomic E-state index is -0.832. The second-order valence-electron chi connectivity index (χ2n) is 7.25. The summed E-state index contributed by atoms with van der Waals surface area (Å²) < 4.78 is 10.1. The van der Waals surface area contributed by atoms with E-state index in [-0.39, 0.29) is 12.6 Å². The molecule has 0 saturated carbocycles. The summed E-state index contributed by atoms with van der Waals surface area (Å²) >= 11 is 0. The van der Waals surface area contributed by atoms with Crippen molar-refractivity contribution in [2.45, 2.75) is 44.1 Å². The van der Waals surface area contributed by atoms with E-state index in [2.05, 4.69) is 10.5 Å². The van der Waals surface area contributed by atoms with Gasteiger partial charge in [-0.25, -0.2) is 4.79 Å². The summed E-state index contributed by atoms with van der Waals surface area (Å²) in [4.78, 5) is 12.3. The SMILES string of the molecule is N[C@@H](Cc1ccccc1)C[C@H](O)[C@H](Cc1ccccc1)NC(=O)OCc1ccno1. The Balaban J connectivity index is 1.59. The van der Waals surface area contributed by atoms with Gasteiger partial charge in [-0.05, 0) is 30.4 Å². The normalized spacial score (nSPS) is 13.9. The Hall–Kier alpha value is -3.16. The zero-order valence-corrected chi connectivity index (χ0v) is 16.7. The fourth-order valence-corrected chi connectivity index (χ4v) is 3.27. The molecule has 0 unspecified atom stereocenters. The van der Waals surface area contributed by atoms with Crippen molar-refractivity contribution >= 4 is 6.09 Å². The van der Waals surface area contributed by atoms with Gasteiger partial charge >= 0.3 is 6.09 Å². The van der Waals surface area contributed by atoms with Crippen LogP contribution in [-0.4, -0.2) is 34.5 Å². The number of ether oxygens (including phenoxy) is 1. The largest absolute Gasteiger partial charge is 0.441 e. The Labute approximate surface area is 175 Å². The first-order valence-corrected chi connectivity index (χ1v) is 9.94. The number of aliphatic hydroxyl groups is 1. The quantitative estimate of drug-likeness (QED) is 0.475. The number of nitrogens with one attached hydrogen (secondary N) is 1. The van der Waals surface area contributed by atoms with Gasteiger partial charge in [0.15, 0.2) is 12.4 Å². The molecule has 3 atom stereocenters. The van der Waals surface area contributed by atoms with Gasteiger partial charge in [0, 0.05) is 12.1 Å². The number of carbonyl (C=O) groups is 1. The third kappa shape index (κ3) is 7.02. The van der Waals surface area contributed by atoms with E-state index in [0.717, 1.165) is 11.1 Å². The maximum atomic E-state index is 12.3. The summed E-state index contributed by atoms with van der Waals surface area (Å²) in [5.41, 5.74) is 8.37. The number of alkyl carbamates (subject to hydrolysis) is 1. The molecular formula is C23H27N3O4. The number of rotatable bonds is 10. The van der Waals surface area contributed by atoms with Crippen molar-refractivity contribution in [3.8, 4) is 0 Å². The number of hydrogen-bond donors (Lipinski definition) is 3. The van der Waals surface area contributed by atoms with Gasteiger partial charge in [-0.15, -0.1) is 0 Å². The van der Waals surface area contributed by atoms with Crippen LogP contribution in [0.15, 0.2) is 77.4 Å². The second kappa shape index (κ2) is 11.1. The van der Waals surface area contributed by atoms with E-state index in [4.69, 9.17) is 15.0 Å². The van der Waals surface area contributed by atoms with Crippen LogP contribution in [0.5, 0.6) is 0 Å². The zero-order valence-electron chi connectivity index (χ0n) is 16.7. The minimum Gasteiger partial charge on any atom is -0.441 e. The van der Waals surface area contributed by atoms with Crippen LogP contribution in [0.25, 0.3) is 0 Å². The third-order valence-corrected chi connectivity index (χ3v) is 4.79. The Bertz CT molecular complexity index is 872. The molecule has 0 aliphatic carbocycles. The fraction of sp³-hybridized carbons (Fsp3) is 0.304. The molecule has 30 heavy (non-hydrogen) atoms. The van der Waals surface area contributed by atoms with Crippen molar-refractivity contribution in [2.24, 2.45) is 5.73 Å². The standard InChI is InChI=1S/C23H27N3O4/c24-19(13-17-7-3-1-4-8-17)15-22(27)21(14-18-9-5-2-6-10-18)26-23(28)29-16-20-11-12-25-30-20/h1-12,19,21-22,27H,13-16,24H2,(H,26,28)/t19-,21-,22-/m0/s1. The highest BCUT2D eigenvalue weighted by atomic mass is 16.6. The molecule has 3 rings (SSSR count). The molecule has 3 aromatic rings. The smallest absolute Gasteiger partial charge is 0.407 e. The Morgan fingerprint density at radius 1 is 1.03 bits per heavy atom. The lowest BCUT2D eigenvalue weighted by molar-refractivity contribution is 0.0885. The molecule has 7 heteroatoms. The van der Waals surface area contributed by atoms with Crippen molar-refractivity contribution in [3.05, 3.63) is 89.8 Å². The molecule has 0 radical (unpaired) electrons. The fourth-order valence-electron chi connectivity index (χ4n) is 3.27. The molecule has 0 bridgehead atoms. The maximum absolute atomic E-state index is 12.3. The topological polar surface area (TPSA) is 111 Å². The van der Waals surface area contributed by atoms with Crippen molar-refractivity contribution in [1.29, 1.82) is 0 Å². The summed E-state index contributed by atoms with van der Waals surface area (Å²) in [7, 11) is 0. The molecule has 1 heterocycles. The van der Waals surface area contributed by atoms with Gasteiger partial charge < -0.3 is 25.4 Å². The van der Waals surface area contributed by atoms with E-state index in [1.807, 2.05) is 60.7 Å². The van der Waals surface area contributed by atoms with E-state index < -0.39 is 18.2 Å². The summed E-state index contributed by atoms with van der Waals surface area (Å²) in [5, 5.41) is 17.2. The van der Waals surface area contributed by atoms with Gasteiger partial charge in [-0.3, -0.25) is 0 Å². The monoisotopic (exact) mass is 409 g/mol. The Kier molecular flexibility index (Phi) is 8.00. The van der Waals surface area contributed by atoms with E-state index >= 15 is 0 Å². The molecular weight excluding hydrogens is 382 g/mol. The van der Waals surface area contributed by atoms with Crippen LogP contribution in [-0.2, 0) is 24.2 Å². The summed E-state index contributed by atoms with van der Waals surface area (Å²) in [6, 6.07) is 20.4. The highest BCUT2D eigenvalue weighted by molar-refractivity contribution is 5.67. The molecule has 158 valence electrons. The molecule has 1 amide bonds. The van der Waals surface area contributed by atoms with Crippen molar-refractivity contribution in [2.75, 3.05) is 0 Å². The summed E-state index contributed by atoms with van der Waals surface area (Å²) in [6.45, 7) is -0.0342. The minimum absolute atomic E-state index is 0.0342. The average molecular weight is 409 g/mol. The molecule has 0 aliphatic heterocycles. The van der Waals surface area contributed by atoms with Crippen molar-refractivity contribution in [3.63, 3.8) is 0 Å². The lowest BCUT2D eigenvalue weighted by Gasteiger charge is -2.26. The van der Waals surface area contributed by atoms with Crippen LogP contribution in [0.2, 0.25) is 0 Å². The van der Waals surface area contributed by atoms with Gasteiger partial charge in [-0.2, -0.15) is 0 Å². The van der Waals surface area contributed by atoms with Crippen LogP contribution in [0.4, 0.5) is 4.79 Å². The molecule has 7 nitrogen and oxygen atoms in total. The van der Waals surface area contributed by atoms with Crippen LogP contribution in [0.3, 0.4) is 0 Å². The molecule has 0 aliphatic rings. The number of aromatic nitrogens is 1. The molecule has 0 saturated heterocycles. The molecule has 1 aromatic heterocycles. The number of nitrogens with zero attached hydrogens (tertiary/aromatic N) is 1. The molecule has 4 N–H and O–H groups in total. The van der Waals surface area contributed by atoms with Gasteiger partial charge in [0.05, 0.1) is 18.3 Å². The maximum Gasteiger partial charge on any atom is 0.407 e.